The third kappa shape index (κ3) is 3.54. The first-order valence-corrected chi connectivity index (χ1v) is 8.97. The fourth-order valence-electron chi connectivity index (χ4n) is 3.70. The molecule has 2 atom stereocenters. The minimum atomic E-state index is 0.172. The number of fused-ring (bicyclic) bond motifs is 1. The Morgan fingerprint density at radius 2 is 2.20 bits per heavy atom. The van der Waals surface area contributed by atoms with Crippen molar-refractivity contribution in [1.82, 2.24) is 9.97 Å². The summed E-state index contributed by atoms with van der Waals surface area (Å²) in [5.41, 5.74) is 1.27. The molecule has 2 unspecified atom stereocenters. The maximum atomic E-state index is 9.51. The van der Waals surface area contributed by atoms with E-state index in [-0.39, 0.29) is 12.6 Å². The Morgan fingerprint density at radius 3 is 3.12 bits per heavy atom. The van der Waals surface area contributed by atoms with Gasteiger partial charge in [-0.05, 0) is 30.9 Å². The van der Waals surface area contributed by atoms with E-state index in [2.05, 4.69) is 32.3 Å². The van der Waals surface area contributed by atoms with E-state index < -0.39 is 0 Å². The first-order chi connectivity index (χ1) is 12.3. The fraction of sp³-hybridized carbons (Fsp3) is 0.474. The largest absolute Gasteiger partial charge is 0.493 e. The predicted octanol–water partition coefficient (Wildman–Crippen LogP) is 2.10. The van der Waals surface area contributed by atoms with Crippen LogP contribution in [0.5, 0.6) is 5.75 Å². The average molecular weight is 340 g/mol. The van der Waals surface area contributed by atoms with E-state index in [1.165, 1.54) is 5.56 Å². The second-order valence-electron chi connectivity index (χ2n) is 6.80. The highest BCUT2D eigenvalue weighted by atomic mass is 16.5. The summed E-state index contributed by atoms with van der Waals surface area (Å²) in [5, 5.41) is 12.9. The average Bonchev–Trinajstić information content (AvgIpc) is 3.15. The molecule has 0 aliphatic carbocycles. The van der Waals surface area contributed by atoms with Gasteiger partial charge in [0.25, 0.3) is 0 Å². The van der Waals surface area contributed by atoms with Crippen LogP contribution in [0.3, 0.4) is 0 Å². The van der Waals surface area contributed by atoms with Gasteiger partial charge < -0.3 is 20.1 Å². The lowest BCUT2D eigenvalue weighted by molar-refractivity contribution is 0.229. The second-order valence-corrected chi connectivity index (χ2v) is 6.80. The zero-order valence-electron chi connectivity index (χ0n) is 14.3. The molecule has 1 aromatic carbocycles. The summed E-state index contributed by atoms with van der Waals surface area (Å²) in [6, 6.07) is 10.4. The van der Waals surface area contributed by atoms with Crippen LogP contribution in [0, 0.1) is 5.92 Å². The van der Waals surface area contributed by atoms with Gasteiger partial charge in [-0.3, -0.25) is 0 Å². The van der Waals surface area contributed by atoms with Crippen LogP contribution in [0.1, 0.15) is 18.4 Å². The number of aliphatic hydroxyl groups excluding tert-OH is 1. The van der Waals surface area contributed by atoms with Gasteiger partial charge in [0.05, 0.1) is 19.3 Å². The van der Waals surface area contributed by atoms with Crippen LogP contribution in [0.4, 0.5) is 11.6 Å². The molecular weight excluding hydrogens is 316 g/mol. The van der Waals surface area contributed by atoms with E-state index in [4.69, 9.17) is 4.74 Å². The number of nitrogens with zero attached hydrogens (tertiary/aromatic N) is 3. The Kier molecular flexibility index (Phi) is 4.70. The van der Waals surface area contributed by atoms with Crippen molar-refractivity contribution in [1.29, 1.82) is 0 Å². The third-order valence-corrected chi connectivity index (χ3v) is 5.06. The van der Waals surface area contributed by atoms with E-state index >= 15 is 0 Å². The molecule has 0 spiro atoms. The number of benzene rings is 1. The van der Waals surface area contributed by atoms with Gasteiger partial charge in [0.2, 0.25) is 0 Å². The minimum Gasteiger partial charge on any atom is -0.493 e. The van der Waals surface area contributed by atoms with Gasteiger partial charge in [-0.1, -0.05) is 18.2 Å². The SMILES string of the molecule is OCC1CCCN1c1cc(NCC2COc3ccccc3C2)ncn1. The molecule has 25 heavy (non-hydrogen) atoms. The summed E-state index contributed by atoms with van der Waals surface area (Å²) in [4.78, 5) is 10.9. The van der Waals surface area contributed by atoms with Crippen LogP contribution in [0.25, 0.3) is 0 Å². The fourth-order valence-corrected chi connectivity index (χ4v) is 3.70. The molecule has 132 valence electrons. The van der Waals surface area contributed by atoms with Gasteiger partial charge in [0.15, 0.2) is 0 Å². The number of hydrogen-bond acceptors (Lipinski definition) is 6. The van der Waals surface area contributed by atoms with Gasteiger partial charge in [-0.25, -0.2) is 9.97 Å². The molecule has 2 aromatic rings. The van der Waals surface area contributed by atoms with Crippen molar-refractivity contribution in [3.63, 3.8) is 0 Å². The zero-order chi connectivity index (χ0) is 17.1. The molecule has 3 heterocycles. The van der Waals surface area contributed by atoms with Gasteiger partial charge in [0, 0.05) is 25.1 Å². The normalized spacial score (nSPS) is 22.4. The highest BCUT2D eigenvalue weighted by Gasteiger charge is 2.25. The number of rotatable bonds is 5. The number of anilines is 2. The molecule has 2 aliphatic rings. The molecule has 1 fully saturated rings. The topological polar surface area (TPSA) is 70.5 Å². The molecule has 0 saturated carbocycles. The second kappa shape index (κ2) is 7.27. The first kappa shape index (κ1) is 16.1. The molecule has 0 radical (unpaired) electrons. The molecule has 6 heteroatoms. The molecule has 2 N–H and O–H groups in total. The van der Waals surface area contributed by atoms with Crippen LogP contribution in [-0.2, 0) is 6.42 Å². The Labute approximate surface area is 147 Å². The van der Waals surface area contributed by atoms with Crippen molar-refractivity contribution < 1.29 is 9.84 Å². The van der Waals surface area contributed by atoms with Gasteiger partial charge >= 0.3 is 0 Å². The summed E-state index contributed by atoms with van der Waals surface area (Å²) >= 11 is 0. The summed E-state index contributed by atoms with van der Waals surface area (Å²) in [6.07, 6.45) is 4.72. The van der Waals surface area contributed by atoms with Crippen LogP contribution in [0.15, 0.2) is 36.7 Å². The lowest BCUT2D eigenvalue weighted by atomic mass is 9.97. The number of hydrogen-bond donors (Lipinski definition) is 2. The van der Waals surface area contributed by atoms with Gasteiger partial charge in [0.1, 0.15) is 23.7 Å². The summed E-state index contributed by atoms with van der Waals surface area (Å²) in [7, 11) is 0. The van der Waals surface area contributed by atoms with E-state index in [0.717, 1.165) is 56.3 Å². The van der Waals surface area contributed by atoms with E-state index in [9.17, 15) is 5.11 Å². The third-order valence-electron chi connectivity index (χ3n) is 5.06. The predicted molar refractivity (Wildman–Crippen MR) is 97.1 cm³/mol. The molecule has 0 bridgehead atoms. The van der Waals surface area contributed by atoms with Crippen LogP contribution in [-0.4, -0.2) is 47.4 Å². The summed E-state index contributed by atoms with van der Waals surface area (Å²) in [5.74, 6) is 3.14. The van der Waals surface area contributed by atoms with E-state index in [0.29, 0.717) is 5.92 Å². The van der Waals surface area contributed by atoms with Crippen molar-refractivity contribution in [3.8, 4) is 5.75 Å². The van der Waals surface area contributed by atoms with Crippen molar-refractivity contribution in [2.75, 3.05) is 36.5 Å². The van der Waals surface area contributed by atoms with Crippen molar-refractivity contribution >= 4 is 11.6 Å². The first-order valence-electron chi connectivity index (χ1n) is 8.97. The highest BCUT2D eigenvalue weighted by Crippen LogP contribution is 2.27. The summed E-state index contributed by atoms with van der Waals surface area (Å²) < 4.78 is 5.85. The number of para-hydroxylation sites is 1. The minimum absolute atomic E-state index is 0.172. The molecule has 0 amide bonds. The Bertz CT molecular complexity index is 724. The van der Waals surface area contributed by atoms with E-state index in [1.807, 2.05) is 18.2 Å². The van der Waals surface area contributed by atoms with Crippen LogP contribution >= 0.6 is 0 Å². The lowest BCUT2D eigenvalue weighted by Gasteiger charge is -2.26. The molecule has 2 aliphatic heterocycles. The number of nitrogens with one attached hydrogen (secondary N) is 1. The maximum absolute atomic E-state index is 9.51. The van der Waals surface area contributed by atoms with Gasteiger partial charge in [-0.15, -0.1) is 0 Å². The zero-order valence-corrected chi connectivity index (χ0v) is 14.3. The quantitative estimate of drug-likeness (QED) is 0.869. The standard InChI is InChI=1S/C19H24N4O2/c24-11-16-5-3-7-23(16)19-9-18(21-13-22-19)20-10-14-8-15-4-1-2-6-17(15)25-12-14/h1-2,4,6,9,13-14,16,24H,3,5,7-8,10-12H2,(H,20,21,22). The van der Waals surface area contributed by atoms with Crippen LogP contribution in [0.2, 0.25) is 0 Å². The Hall–Kier alpha value is -2.34. The summed E-state index contributed by atoms with van der Waals surface area (Å²) in [6.45, 7) is 2.65. The molecular formula is C19H24N4O2. The van der Waals surface area contributed by atoms with Gasteiger partial charge in [-0.2, -0.15) is 0 Å². The monoisotopic (exact) mass is 340 g/mol. The maximum Gasteiger partial charge on any atom is 0.134 e. The molecule has 1 saturated heterocycles. The number of aromatic nitrogens is 2. The Morgan fingerprint density at radius 1 is 1.28 bits per heavy atom. The number of ether oxygens (including phenoxy) is 1. The molecule has 4 rings (SSSR count). The number of aliphatic hydroxyl groups is 1. The molecule has 6 nitrogen and oxygen atoms in total. The van der Waals surface area contributed by atoms with Crippen molar-refractivity contribution in [3.05, 3.63) is 42.2 Å². The van der Waals surface area contributed by atoms with Crippen molar-refractivity contribution in [2.45, 2.75) is 25.3 Å². The molecule has 1 aromatic heterocycles. The van der Waals surface area contributed by atoms with Crippen LogP contribution < -0.4 is 15.0 Å². The highest BCUT2D eigenvalue weighted by molar-refractivity contribution is 5.50. The Balaban J connectivity index is 1.38. The van der Waals surface area contributed by atoms with Crippen molar-refractivity contribution in [2.24, 2.45) is 5.92 Å². The lowest BCUT2D eigenvalue weighted by Crippen LogP contribution is -2.33. The van der Waals surface area contributed by atoms with E-state index in [1.54, 1.807) is 6.33 Å². The smallest absolute Gasteiger partial charge is 0.134 e.